The van der Waals surface area contributed by atoms with E-state index in [-0.39, 0.29) is 0 Å². The molecule has 0 radical (unpaired) electrons. The standard InChI is InChI=1S/C16H24N2O/c1-19-13-6-7-14-15(10-13)18-12-16(11-17-14)8-4-2-3-5-9-16/h6-7,10,17-18H,2-5,8-9,11-12H2,1H3. The van der Waals surface area contributed by atoms with E-state index in [0.29, 0.717) is 5.41 Å². The molecule has 104 valence electrons. The predicted octanol–water partition coefficient (Wildman–Crippen LogP) is 3.87. The third-order valence-electron chi connectivity index (χ3n) is 4.70. The number of hydrogen-bond donors (Lipinski definition) is 2. The minimum atomic E-state index is 0.433. The van der Waals surface area contributed by atoms with Crippen LogP contribution < -0.4 is 15.4 Å². The van der Waals surface area contributed by atoms with Crippen LogP contribution in [0, 0.1) is 5.41 Å². The molecule has 1 saturated carbocycles. The van der Waals surface area contributed by atoms with Gasteiger partial charge in [0.15, 0.2) is 0 Å². The molecule has 1 aliphatic carbocycles. The van der Waals surface area contributed by atoms with Gasteiger partial charge in [-0.3, -0.25) is 0 Å². The Morgan fingerprint density at radius 1 is 0.947 bits per heavy atom. The van der Waals surface area contributed by atoms with Crippen molar-refractivity contribution in [1.29, 1.82) is 0 Å². The van der Waals surface area contributed by atoms with E-state index in [2.05, 4.69) is 22.8 Å². The van der Waals surface area contributed by atoms with E-state index in [4.69, 9.17) is 4.74 Å². The molecule has 2 N–H and O–H groups in total. The van der Waals surface area contributed by atoms with Gasteiger partial charge in [0.25, 0.3) is 0 Å². The molecule has 1 aromatic rings. The van der Waals surface area contributed by atoms with Crippen molar-refractivity contribution in [3.8, 4) is 5.75 Å². The normalized spacial score (nSPS) is 21.5. The summed E-state index contributed by atoms with van der Waals surface area (Å²) in [6.45, 7) is 2.18. The van der Waals surface area contributed by atoms with Gasteiger partial charge in [0.05, 0.1) is 18.5 Å². The highest BCUT2D eigenvalue weighted by Crippen LogP contribution is 2.39. The van der Waals surface area contributed by atoms with Gasteiger partial charge in [0.2, 0.25) is 0 Å². The number of hydrogen-bond acceptors (Lipinski definition) is 3. The van der Waals surface area contributed by atoms with Gasteiger partial charge in [-0.25, -0.2) is 0 Å². The van der Waals surface area contributed by atoms with Gasteiger partial charge in [0.1, 0.15) is 5.75 Å². The third-order valence-corrected chi connectivity index (χ3v) is 4.70. The molecule has 0 atom stereocenters. The Morgan fingerprint density at radius 2 is 1.63 bits per heavy atom. The summed E-state index contributed by atoms with van der Waals surface area (Å²) in [5.74, 6) is 0.921. The summed E-state index contributed by atoms with van der Waals surface area (Å²) < 4.78 is 5.31. The van der Waals surface area contributed by atoms with Crippen molar-refractivity contribution in [1.82, 2.24) is 0 Å². The Bertz CT molecular complexity index is 436. The summed E-state index contributed by atoms with van der Waals surface area (Å²) >= 11 is 0. The van der Waals surface area contributed by atoms with Crippen LogP contribution in [0.2, 0.25) is 0 Å². The fourth-order valence-electron chi connectivity index (χ4n) is 3.41. The van der Waals surface area contributed by atoms with Crippen molar-refractivity contribution >= 4 is 11.4 Å². The summed E-state index contributed by atoms with van der Waals surface area (Å²) in [7, 11) is 1.72. The summed E-state index contributed by atoms with van der Waals surface area (Å²) in [6, 6.07) is 6.24. The van der Waals surface area contributed by atoms with E-state index in [1.807, 2.05) is 6.07 Å². The van der Waals surface area contributed by atoms with Crippen LogP contribution in [0.4, 0.5) is 11.4 Å². The number of methoxy groups -OCH3 is 1. The number of nitrogens with one attached hydrogen (secondary N) is 2. The lowest BCUT2D eigenvalue weighted by Crippen LogP contribution is -2.34. The number of fused-ring (bicyclic) bond motifs is 1. The van der Waals surface area contributed by atoms with E-state index in [1.165, 1.54) is 49.9 Å². The van der Waals surface area contributed by atoms with E-state index < -0.39 is 0 Å². The number of ether oxygens (including phenoxy) is 1. The Kier molecular flexibility index (Phi) is 3.54. The largest absolute Gasteiger partial charge is 0.497 e. The van der Waals surface area contributed by atoms with E-state index >= 15 is 0 Å². The van der Waals surface area contributed by atoms with Crippen molar-refractivity contribution < 1.29 is 4.74 Å². The van der Waals surface area contributed by atoms with Gasteiger partial charge in [-0.05, 0) is 25.0 Å². The average molecular weight is 260 g/mol. The SMILES string of the molecule is COc1ccc2c(c1)NCC1(CCCCCC1)CN2. The lowest BCUT2D eigenvalue weighted by atomic mass is 9.80. The summed E-state index contributed by atoms with van der Waals surface area (Å²) in [5.41, 5.74) is 2.82. The minimum absolute atomic E-state index is 0.433. The van der Waals surface area contributed by atoms with Gasteiger partial charge in [-0.2, -0.15) is 0 Å². The first-order valence-electron chi connectivity index (χ1n) is 7.47. The molecule has 1 aliphatic heterocycles. The highest BCUT2D eigenvalue weighted by molar-refractivity contribution is 5.71. The molecule has 0 amide bonds. The minimum Gasteiger partial charge on any atom is -0.497 e. The van der Waals surface area contributed by atoms with Crippen molar-refractivity contribution in [2.45, 2.75) is 38.5 Å². The van der Waals surface area contributed by atoms with Crippen LogP contribution in [0.5, 0.6) is 5.75 Å². The molecular formula is C16H24N2O. The van der Waals surface area contributed by atoms with Gasteiger partial charge in [-0.1, -0.05) is 25.7 Å². The molecule has 1 heterocycles. The highest BCUT2D eigenvalue weighted by Gasteiger charge is 2.32. The van der Waals surface area contributed by atoms with Gasteiger partial charge in [-0.15, -0.1) is 0 Å². The molecule has 0 unspecified atom stereocenters. The third kappa shape index (κ3) is 2.65. The molecule has 0 saturated heterocycles. The molecule has 3 heteroatoms. The van der Waals surface area contributed by atoms with Gasteiger partial charge < -0.3 is 15.4 Å². The van der Waals surface area contributed by atoms with Crippen LogP contribution in [0.3, 0.4) is 0 Å². The zero-order valence-corrected chi connectivity index (χ0v) is 11.8. The first kappa shape index (κ1) is 12.6. The molecule has 1 aromatic carbocycles. The molecule has 0 bridgehead atoms. The molecule has 19 heavy (non-hydrogen) atoms. The molecular weight excluding hydrogens is 236 g/mol. The number of benzene rings is 1. The lowest BCUT2D eigenvalue weighted by molar-refractivity contribution is 0.286. The first-order chi connectivity index (χ1) is 9.31. The number of rotatable bonds is 1. The Labute approximate surface area is 115 Å². The maximum Gasteiger partial charge on any atom is 0.121 e. The predicted molar refractivity (Wildman–Crippen MR) is 80.1 cm³/mol. The highest BCUT2D eigenvalue weighted by atomic mass is 16.5. The average Bonchev–Trinajstić information content (AvgIpc) is 2.78. The maximum atomic E-state index is 5.31. The van der Waals surface area contributed by atoms with E-state index in [0.717, 1.165) is 18.8 Å². The zero-order chi connectivity index (χ0) is 13.1. The van der Waals surface area contributed by atoms with Crippen LogP contribution in [0.15, 0.2) is 18.2 Å². The Hall–Kier alpha value is -1.38. The summed E-state index contributed by atoms with van der Waals surface area (Å²) in [6.07, 6.45) is 8.26. The molecule has 0 aromatic heterocycles. The fourth-order valence-corrected chi connectivity index (χ4v) is 3.41. The Balaban J connectivity index is 1.79. The van der Waals surface area contributed by atoms with Crippen LogP contribution in [-0.2, 0) is 0 Å². The zero-order valence-electron chi connectivity index (χ0n) is 11.8. The smallest absolute Gasteiger partial charge is 0.121 e. The topological polar surface area (TPSA) is 33.3 Å². The Morgan fingerprint density at radius 3 is 2.32 bits per heavy atom. The van der Waals surface area contributed by atoms with Crippen molar-refractivity contribution in [2.24, 2.45) is 5.41 Å². The molecule has 1 spiro atoms. The molecule has 1 fully saturated rings. The second-order valence-electron chi connectivity index (χ2n) is 6.03. The van der Waals surface area contributed by atoms with Crippen molar-refractivity contribution in [3.63, 3.8) is 0 Å². The fraction of sp³-hybridized carbons (Fsp3) is 0.625. The number of anilines is 2. The van der Waals surface area contributed by atoms with Crippen LogP contribution >= 0.6 is 0 Å². The van der Waals surface area contributed by atoms with Gasteiger partial charge >= 0.3 is 0 Å². The van der Waals surface area contributed by atoms with Crippen molar-refractivity contribution in [2.75, 3.05) is 30.8 Å². The van der Waals surface area contributed by atoms with E-state index in [9.17, 15) is 0 Å². The van der Waals surface area contributed by atoms with Gasteiger partial charge in [0, 0.05) is 24.6 Å². The molecule has 3 nitrogen and oxygen atoms in total. The van der Waals surface area contributed by atoms with Crippen LogP contribution in [0.1, 0.15) is 38.5 Å². The first-order valence-corrected chi connectivity index (χ1v) is 7.47. The lowest BCUT2D eigenvalue weighted by Gasteiger charge is -2.31. The maximum absolute atomic E-state index is 5.31. The van der Waals surface area contributed by atoms with Crippen LogP contribution in [-0.4, -0.2) is 20.2 Å². The quantitative estimate of drug-likeness (QED) is 0.804. The van der Waals surface area contributed by atoms with Crippen LogP contribution in [0.25, 0.3) is 0 Å². The second-order valence-corrected chi connectivity index (χ2v) is 6.03. The second kappa shape index (κ2) is 5.32. The van der Waals surface area contributed by atoms with E-state index in [1.54, 1.807) is 7.11 Å². The monoisotopic (exact) mass is 260 g/mol. The molecule has 2 aliphatic rings. The molecule has 3 rings (SSSR count). The van der Waals surface area contributed by atoms with Crippen molar-refractivity contribution in [3.05, 3.63) is 18.2 Å². The summed E-state index contributed by atoms with van der Waals surface area (Å²) in [4.78, 5) is 0. The summed E-state index contributed by atoms with van der Waals surface area (Å²) in [5, 5.41) is 7.29.